The Kier molecular flexibility index (Phi) is 2.76. The van der Waals surface area contributed by atoms with Crippen LogP contribution in [0.3, 0.4) is 0 Å². The van der Waals surface area contributed by atoms with Gasteiger partial charge in [-0.3, -0.25) is 14.2 Å². The first-order chi connectivity index (χ1) is 10.8. The Labute approximate surface area is 125 Å². The molecule has 0 aliphatic heterocycles. The van der Waals surface area contributed by atoms with E-state index in [-0.39, 0.29) is 11.4 Å². The monoisotopic (exact) mass is 290 g/mol. The van der Waals surface area contributed by atoms with Gasteiger partial charge in [-0.25, -0.2) is 4.39 Å². The topological polar surface area (TPSA) is 34.4 Å². The van der Waals surface area contributed by atoms with Crippen LogP contribution in [0, 0.1) is 5.82 Å². The van der Waals surface area contributed by atoms with Crippen LogP contribution >= 0.6 is 0 Å². The first-order valence-corrected chi connectivity index (χ1v) is 6.90. The summed E-state index contributed by atoms with van der Waals surface area (Å²) in [5, 5.41) is 1.40. The van der Waals surface area contributed by atoms with Crippen molar-refractivity contribution in [3.8, 4) is 11.3 Å². The fraction of sp³-hybridized carbons (Fsp3) is 0. The number of hydrogen-bond donors (Lipinski definition) is 0. The highest BCUT2D eigenvalue weighted by molar-refractivity contribution is 6.03. The van der Waals surface area contributed by atoms with Crippen molar-refractivity contribution in [3.63, 3.8) is 0 Å². The molecular weight excluding hydrogens is 279 g/mol. The van der Waals surface area contributed by atoms with E-state index in [1.54, 1.807) is 41.1 Å². The van der Waals surface area contributed by atoms with Crippen LogP contribution in [-0.4, -0.2) is 9.38 Å². The van der Waals surface area contributed by atoms with Gasteiger partial charge in [-0.2, -0.15) is 0 Å². The van der Waals surface area contributed by atoms with E-state index in [1.807, 2.05) is 18.2 Å². The first-order valence-electron chi connectivity index (χ1n) is 6.90. The van der Waals surface area contributed by atoms with E-state index < -0.39 is 0 Å². The second-order valence-corrected chi connectivity index (χ2v) is 5.04. The third-order valence-electron chi connectivity index (χ3n) is 3.74. The van der Waals surface area contributed by atoms with Crippen molar-refractivity contribution in [2.45, 2.75) is 0 Å². The van der Waals surface area contributed by atoms with E-state index in [4.69, 9.17) is 0 Å². The number of hydrogen-bond acceptors (Lipinski definition) is 2. The van der Waals surface area contributed by atoms with Crippen LogP contribution in [0.1, 0.15) is 0 Å². The smallest absolute Gasteiger partial charge is 0.265 e. The molecule has 0 saturated carbocycles. The van der Waals surface area contributed by atoms with Crippen molar-refractivity contribution < 1.29 is 4.39 Å². The lowest BCUT2D eigenvalue weighted by molar-refractivity contribution is 0.630. The van der Waals surface area contributed by atoms with Crippen molar-refractivity contribution in [2.24, 2.45) is 0 Å². The van der Waals surface area contributed by atoms with Gasteiger partial charge in [0.25, 0.3) is 5.56 Å². The molecule has 0 aliphatic rings. The molecule has 4 rings (SSSR count). The van der Waals surface area contributed by atoms with E-state index in [0.717, 1.165) is 10.9 Å². The summed E-state index contributed by atoms with van der Waals surface area (Å²) in [6, 6.07) is 15.4. The summed E-state index contributed by atoms with van der Waals surface area (Å²) in [4.78, 5) is 17.1. The van der Waals surface area contributed by atoms with Crippen LogP contribution in [0.2, 0.25) is 0 Å². The minimum atomic E-state index is -0.371. The molecule has 0 radical (unpaired) electrons. The van der Waals surface area contributed by atoms with Gasteiger partial charge in [-0.05, 0) is 42.5 Å². The first kappa shape index (κ1) is 12.7. The molecule has 0 atom stereocenters. The van der Waals surface area contributed by atoms with Crippen molar-refractivity contribution in [1.29, 1.82) is 0 Å². The van der Waals surface area contributed by atoms with Crippen LogP contribution in [0.15, 0.2) is 71.8 Å². The highest BCUT2D eigenvalue weighted by Crippen LogP contribution is 2.27. The second-order valence-electron chi connectivity index (χ2n) is 5.04. The van der Waals surface area contributed by atoms with Gasteiger partial charge in [0.05, 0.1) is 16.8 Å². The highest BCUT2D eigenvalue weighted by atomic mass is 19.1. The molecule has 106 valence electrons. The van der Waals surface area contributed by atoms with Crippen molar-refractivity contribution in [1.82, 2.24) is 9.38 Å². The molecule has 0 N–H and O–H groups in total. The zero-order chi connectivity index (χ0) is 15.1. The zero-order valence-electron chi connectivity index (χ0n) is 11.5. The van der Waals surface area contributed by atoms with Crippen LogP contribution < -0.4 is 5.56 Å². The number of rotatable bonds is 1. The minimum absolute atomic E-state index is 0.201. The lowest BCUT2D eigenvalue weighted by Gasteiger charge is -2.10. The normalized spacial score (nSPS) is 11.1. The Morgan fingerprint density at radius 2 is 1.82 bits per heavy atom. The van der Waals surface area contributed by atoms with Crippen LogP contribution in [0.5, 0.6) is 0 Å². The lowest BCUT2D eigenvalue weighted by atomic mass is 10.0. The van der Waals surface area contributed by atoms with E-state index in [0.29, 0.717) is 16.6 Å². The average Bonchev–Trinajstić information content (AvgIpc) is 2.56. The van der Waals surface area contributed by atoms with Crippen LogP contribution in [-0.2, 0) is 0 Å². The molecule has 4 heteroatoms. The summed E-state index contributed by atoms with van der Waals surface area (Å²) in [5.74, 6) is -0.371. The lowest BCUT2D eigenvalue weighted by Crippen LogP contribution is -2.16. The Hall–Kier alpha value is -3.01. The number of nitrogens with zero attached hydrogens (tertiary/aromatic N) is 2. The molecule has 0 aliphatic carbocycles. The Morgan fingerprint density at radius 3 is 2.64 bits per heavy atom. The van der Waals surface area contributed by atoms with Gasteiger partial charge >= 0.3 is 0 Å². The largest absolute Gasteiger partial charge is 0.283 e. The maximum atomic E-state index is 13.7. The SMILES string of the molecule is O=c1c(-c2ccccn2)c2cc(F)ccc2c2ccccn12. The van der Waals surface area contributed by atoms with Gasteiger partial charge < -0.3 is 0 Å². The maximum absolute atomic E-state index is 13.7. The average molecular weight is 290 g/mol. The van der Waals surface area contributed by atoms with Gasteiger partial charge in [0.2, 0.25) is 0 Å². The Balaban J connectivity index is 2.29. The predicted octanol–water partition coefficient (Wildman–Crippen LogP) is 3.65. The van der Waals surface area contributed by atoms with E-state index in [1.165, 1.54) is 12.1 Å². The third-order valence-corrected chi connectivity index (χ3v) is 3.74. The molecule has 3 nitrogen and oxygen atoms in total. The summed E-state index contributed by atoms with van der Waals surface area (Å²) in [6.45, 7) is 0. The van der Waals surface area contributed by atoms with E-state index >= 15 is 0 Å². The molecule has 0 bridgehead atoms. The zero-order valence-corrected chi connectivity index (χ0v) is 11.5. The summed E-state index contributed by atoms with van der Waals surface area (Å²) in [6.07, 6.45) is 3.34. The van der Waals surface area contributed by atoms with Crippen LogP contribution in [0.4, 0.5) is 4.39 Å². The van der Waals surface area contributed by atoms with Crippen molar-refractivity contribution in [2.75, 3.05) is 0 Å². The quantitative estimate of drug-likeness (QED) is 0.501. The molecule has 22 heavy (non-hydrogen) atoms. The Bertz CT molecular complexity index is 1060. The van der Waals surface area contributed by atoms with Crippen LogP contribution in [0.25, 0.3) is 27.5 Å². The van der Waals surface area contributed by atoms with Gasteiger partial charge in [0, 0.05) is 23.2 Å². The summed E-state index contributed by atoms with van der Waals surface area (Å²) >= 11 is 0. The van der Waals surface area contributed by atoms with E-state index in [2.05, 4.69) is 4.98 Å². The number of fused-ring (bicyclic) bond motifs is 3. The number of halogens is 1. The third kappa shape index (κ3) is 1.81. The predicted molar refractivity (Wildman–Crippen MR) is 84.4 cm³/mol. The molecule has 0 saturated heterocycles. The number of pyridine rings is 3. The Morgan fingerprint density at radius 1 is 0.955 bits per heavy atom. The standard InChI is InChI=1S/C18H11FN2O/c19-12-7-8-13-14(11-12)17(15-5-1-3-9-20-15)18(22)21-10-4-2-6-16(13)21/h1-11H. The maximum Gasteiger partial charge on any atom is 0.265 e. The molecule has 1 aromatic carbocycles. The van der Waals surface area contributed by atoms with Gasteiger partial charge in [0.15, 0.2) is 0 Å². The molecule has 3 heterocycles. The fourth-order valence-electron chi connectivity index (χ4n) is 2.78. The molecule has 0 amide bonds. The molecule has 0 unspecified atom stereocenters. The molecule has 4 aromatic rings. The molecule has 0 fully saturated rings. The summed E-state index contributed by atoms with van der Waals surface area (Å²) < 4.78 is 15.3. The number of benzene rings is 1. The van der Waals surface area contributed by atoms with Crippen molar-refractivity contribution >= 4 is 16.3 Å². The van der Waals surface area contributed by atoms with Gasteiger partial charge in [-0.1, -0.05) is 12.1 Å². The second kappa shape index (κ2) is 4.77. The minimum Gasteiger partial charge on any atom is -0.283 e. The van der Waals surface area contributed by atoms with Gasteiger partial charge in [0.1, 0.15) is 5.82 Å². The van der Waals surface area contributed by atoms with E-state index in [9.17, 15) is 9.18 Å². The number of aromatic nitrogens is 2. The molecule has 3 aromatic heterocycles. The summed E-state index contributed by atoms with van der Waals surface area (Å²) in [7, 11) is 0. The highest BCUT2D eigenvalue weighted by Gasteiger charge is 2.14. The fourth-order valence-corrected chi connectivity index (χ4v) is 2.78. The van der Waals surface area contributed by atoms with Crippen molar-refractivity contribution in [3.05, 3.63) is 83.2 Å². The molecule has 0 spiro atoms. The molecular formula is C18H11FN2O. The summed E-state index contributed by atoms with van der Waals surface area (Å²) in [5.41, 5.74) is 1.51. The van der Waals surface area contributed by atoms with Gasteiger partial charge in [-0.15, -0.1) is 0 Å².